The Balaban J connectivity index is 0.000000200. The second-order valence-electron chi connectivity index (χ2n) is 32.4. The predicted molar refractivity (Wildman–Crippen MR) is 481 cm³/mol. The zero-order valence-corrected chi connectivity index (χ0v) is 68.5. The van der Waals surface area contributed by atoms with Crippen molar-refractivity contribution in [1.29, 1.82) is 5.26 Å². The Morgan fingerprint density at radius 2 is 0.737 bits per heavy atom. The average Bonchev–Trinajstić information content (AvgIpc) is 1.54. The van der Waals surface area contributed by atoms with Gasteiger partial charge >= 0.3 is 0 Å². The maximum atomic E-state index is 11.4. The van der Waals surface area contributed by atoms with Crippen LogP contribution in [-0.2, 0) is 20.3 Å². The summed E-state index contributed by atoms with van der Waals surface area (Å²) in [4.78, 5) is 8.56. The van der Waals surface area contributed by atoms with E-state index in [4.69, 9.17) is 16.0 Å². The molecule has 0 spiro atoms. The predicted octanol–water partition coefficient (Wildman–Crippen LogP) is 31.4. The number of unbranched alkanes of at least 4 members (excludes halogenated alkanes) is 16. The van der Waals surface area contributed by atoms with Crippen LogP contribution in [0, 0.1) is 24.8 Å². The Bertz CT molecular complexity index is 4940. The van der Waals surface area contributed by atoms with Gasteiger partial charge in [0, 0.05) is 44.8 Å². The number of epoxide rings is 2. The van der Waals surface area contributed by atoms with Crippen molar-refractivity contribution >= 4 is 51.5 Å². The second kappa shape index (κ2) is 38.5. The Morgan fingerprint density at radius 3 is 1.11 bits per heavy atom. The summed E-state index contributed by atoms with van der Waals surface area (Å²) >= 11 is 0. The highest BCUT2D eigenvalue weighted by Gasteiger charge is 2.45. The maximum Gasteiger partial charge on any atom is 0.190 e. The van der Waals surface area contributed by atoms with Crippen molar-refractivity contribution in [3.05, 3.63) is 328 Å². The van der Waals surface area contributed by atoms with E-state index in [9.17, 15) is 5.26 Å². The van der Waals surface area contributed by atoms with Crippen molar-refractivity contribution in [1.82, 2.24) is 0 Å². The fraction of sp³-hybridized carbons (Fsp3) is 0.333. The number of aryl methyl sites for hydroxylation is 1. The topological polar surface area (TPSA) is 59.7 Å². The molecule has 2 saturated heterocycles. The van der Waals surface area contributed by atoms with E-state index in [-0.39, 0.29) is 10.8 Å². The van der Waals surface area contributed by atoms with Crippen LogP contribution in [0.15, 0.2) is 261 Å². The minimum atomic E-state index is -0.231. The van der Waals surface area contributed by atoms with Crippen LogP contribution in [0.2, 0.25) is 0 Å². The van der Waals surface area contributed by atoms with E-state index in [1.807, 2.05) is 13.0 Å². The molecule has 2 aliphatic carbocycles. The van der Waals surface area contributed by atoms with E-state index >= 15 is 0 Å². The zero-order valence-electron chi connectivity index (χ0n) is 68.5. The molecule has 2 aliphatic heterocycles. The van der Waals surface area contributed by atoms with Crippen molar-refractivity contribution in [2.45, 2.75) is 219 Å². The third-order valence-electron chi connectivity index (χ3n) is 24.8. The van der Waals surface area contributed by atoms with Gasteiger partial charge in [-0.2, -0.15) is 5.26 Å². The highest BCUT2D eigenvalue weighted by atomic mass is 16.6. The van der Waals surface area contributed by atoms with E-state index in [1.54, 1.807) is 11.1 Å². The lowest BCUT2D eigenvalue weighted by Crippen LogP contribution is -2.26. The molecule has 2 unspecified atom stereocenters. The van der Waals surface area contributed by atoms with Gasteiger partial charge in [-0.15, -0.1) is 0 Å². The van der Waals surface area contributed by atoms with Gasteiger partial charge in [-0.3, -0.25) is 0 Å². The van der Waals surface area contributed by atoms with Crippen LogP contribution in [-0.4, -0.2) is 13.2 Å². The summed E-state index contributed by atoms with van der Waals surface area (Å²) in [7, 11) is 0. The first kappa shape index (κ1) is 80.0. The lowest BCUT2D eigenvalue weighted by molar-refractivity contribution is 0.398. The number of benzene rings is 11. The summed E-state index contributed by atoms with van der Waals surface area (Å²) in [5, 5.41) is 11.4. The van der Waals surface area contributed by atoms with Crippen LogP contribution in [0.3, 0.4) is 0 Å². The number of allylic oxidation sites excluding steroid dienone is 2. The lowest BCUT2D eigenvalue weighted by atomic mass is 9.70. The molecule has 2 atom stereocenters. The van der Waals surface area contributed by atoms with Crippen molar-refractivity contribution in [3.63, 3.8) is 0 Å². The number of rotatable bonds is 37. The quantitative estimate of drug-likeness (QED) is 0.0128. The van der Waals surface area contributed by atoms with Crippen LogP contribution < -0.4 is 9.80 Å². The third-order valence-corrected chi connectivity index (χ3v) is 24.8. The summed E-state index contributed by atoms with van der Waals surface area (Å²) in [6.07, 6.45) is 34.6. The van der Waals surface area contributed by atoms with Gasteiger partial charge in [-0.25, -0.2) is 4.85 Å². The highest BCUT2D eigenvalue weighted by Crippen LogP contribution is 2.58. The molecule has 6 nitrogen and oxygen atoms in total. The molecule has 2 heterocycles. The first-order valence-electron chi connectivity index (χ1n) is 43.3. The molecular weight excluding hydrogens is 1390 g/mol. The number of nitriles is 1. The number of hydrogen-bond donors (Lipinski definition) is 0. The molecule has 0 radical (unpaired) electrons. The number of hydrogen-bond acceptors (Lipinski definition) is 5. The zero-order chi connectivity index (χ0) is 78.6. The summed E-state index contributed by atoms with van der Waals surface area (Å²) in [6.45, 7) is 23.1. The van der Waals surface area contributed by atoms with Gasteiger partial charge in [0.15, 0.2) is 5.70 Å². The summed E-state index contributed by atoms with van der Waals surface area (Å²) < 4.78 is 11.1. The standard InChI is InChI=1S/C63H62N4.C45H54O2/c1-6-9-11-25-39-63(40-26-12-10-7-2)58-43-48(35-37-56(58)57-38-36-49(44-59(57)63)60(8-3)65-5)51(46-64)42-50-45-61(66(52-27-17-13-18-28-52)53-29-19-14-20-30-53)47(4)41-62(50)67(54-31-21-15-22-32-54)55-33-23-16-24-34-55;1-3-5-7-9-11-13-27-45(28-14-12-10-8-6-4-2)41-29-37(33-15-19-35(20-16-33)43-31-46-43)23-25-39(41)40-26-24-38(30-42(40)45)34-17-21-36(22-18-34)44-32-47-44/h8,13-24,27-38,41-45H,6-7,9-12,25-26,39-40H2,1-4H3;15-26,29-30,43-44H,3-14,27-28,31-32H2,1-2H3/b51-42+,60-8-;. The molecule has 15 rings (SSSR count). The van der Waals surface area contributed by atoms with Crippen molar-refractivity contribution in [2.24, 2.45) is 0 Å². The monoisotopic (exact) mass is 1500 g/mol. The Labute approximate surface area is 682 Å². The van der Waals surface area contributed by atoms with Gasteiger partial charge < -0.3 is 19.3 Å². The van der Waals surface area contributed by atoms with Crippen LogP contribution in [0.25, 0.3) is 66.7 Å². The second-order valence-corrected chi connectivity index (χ2v) is 32.4. The van der Waals surface area contributed by atoms with Crippen LogP contribution in [0.5, 0.6) is 0 Å². The summed E-state index contributed by atoms with van der Waals surface area (Å²) in [6, 6.07) is 95.9. The molecule has 11 aromatic carbocycles. The normalized spacial score (nSPS) is 15.2. The minimum Gasteiger partial charge on any atom is -0.368 e. The molecule has 11 aromatic rings. The van der Waals surface area contributed by atoms with Crippen molar-refractivity contribution < 1.29 is 9.47 Å². The van der Waals surface area contributed by atoms with Crippen molar-refractivity contribution in [2.75, 3.05) is 23.0 Å². The number of para-hydroxylation sites is 4. The van der Waals surface area contributed by atoms with Gasteiger partial charge in [0.25, 0.3) is 0 Å². The molecular formula is C108H116N4O2. The van der Waals surface area contributed by atoms with Crippen molar-refractivity contribution in [3.8, 4) is 50.6 Å². The van der Waals surface area contributed by atoms with Crippen LogP contribution in [0.4, 0.5) is 34.1 Å². The number of ether oxygens (including phenoxy) is 2. The van der Waals surface area contributed by atoms with Crippen LogP contribution >= 0.6 is 0 Å². The molecule has 6 heteroatoms. The van der Waals surface area contributed by atoms with Gasteiger partial charge in [0.2, 0.25) is 0 Å². The smallest absolute Gasteiger partial charge is 0.190 e. The molecule has 2 fully saturated rings. The Morgan fingerprint density at radius 1 is 0.404 bits per heavy atom. The minimum absolute atomic E-state index is 0.0514. The number of fused-ring (bicyclic) bond motifs is 6. The van der Waals surface area contributed by atoms with Gasteiger partial charge in [-0.1, -0.05) is 345 Å². The summed E-state index contributed by atoms with van der Waals surface area (Å²) in [5.41, 5.74) is 30.3. The van der Waals surface area contributed by atoms with E-state index in [1.165, 1.54) is 195 Å². The van der Waals surface area contributed by atoms with E-state index in [0.29, 0.717) is 23.5 Å². The fourth-order valence-electron chi connectivity index (χ4n) is 18.4. The molecule has 0 N–H and O–H groups in total. The van der Waals surface area contributed by atoms with E-state index < -0.39 is 0 Å². The van der Waals surface area contributed by atoms with E-state index in [2.05, 4.69) is 316 Å². The molecule has 0 amide bonds. The number of nitrogens with zero attached hydrogens (tertiary/aromatic N) is 4. The first-order valence-corrected chi connectivity index (χ1v) is 43.3. The lowest BCUT2D eigenvalue weighted by Gasteiger charge is -2.33. The van der Waals surface area contributed by atoms with Gasteiger partial charge in [-0.05, 0) is 212 Å². The molecule has 4 aliphatic rings. The largest absolute Gasteiger partial charge is 0.368 e. The van der Waals surface area contributed by atoms with E-state index in [0.717, 1.165) is 95.3 Å². The van der Waals surface area contributed by atoms with Gasteiger partial charge in [0.1, 0.15) is 12.2 Å². The number of anilines is 6. The maximum absolute atomic E-state index is 11.4. The summed E-state index contributed by atoms with van der Waals surface area (Å²) in [5.74, 6) is 0. The highest BCUT2D eigenvalue weighted by molar-refractivity contribution is 5.98. The molecule has 0 saturated carbocycles. The van der Waals surface area contributed by atoms with Gasteiger partial charge in [0.05, 0.1) is 37.1 Å². The molecule has 0 aromatic heterocycles. The average molecular weight is 1500 g/mol. The Kier molecular flexibility index (Phi) is 27.0. The third kappa shape index (κ3) is 18.1. The Hall–Kier alpha value is -10.6. The molecule has 114 heavy (non-hydrogen) atoms. The first-order chi connectivity index (χ1) is 56.1. The molecule has 0 bridgehead atoms. The molecule has 580 valence electrons. The fourth-order valence-corrected chi connectivity index (χ4v) is 18.4. The van der Waals surface area contributed by atoms with Crippen LogP contribution in [0.1, 0.15) is 257 Å². The SMILES string of the molecule is CCCCCCCCC1(CCCCCCCC)c2cc(-c3ccc(C4CO4)cc3)ccc2-c2ccc(-c3ccc(C4CO4)cc3)cc21.[C-]#[N+]/C(=C\C)c1ccc2c(c1)C(CCCCCC)(CCCCCC)c1cc(/C(C#N)=C/c3cc(N(c4ccccc4)c4ccccc4)c(C)cc3N(c3ccccc3)c3ccccc3)ccc1-2.